The largest absolute Gasteiger partial charge is 0.286 e. The van der Waals surface area contributed by atoms with Crippen LogP contribution >= 0.6 is 0 Å². The zero-order chi connectivity index (χ0) is 35.0. The van der Waals surface area contributed by atoms with Gasteiger partial charge in [-0.15, -0.1) is 0 Å². The first-order valence-corrected chi connectivity index (χ1v) is 21.0. The molecule has 7 fully saturated rings. The molecule has 5 saturated carbocycles. The van der Waals surface area contributed by atoms with Crippen LogP contribution in [0.15, 0.2) is 0 Å². The maximum absolute atomic E-state index is 10.5. The Bertz CT molecular complexity index is 735. The molecule has 6 heteroatoms. The Morgan fingerprint density at radius 3 is 0.583 bits per heavy atom. The molecule has 2 aliphatic heterocycles. The van der Waals surface area contributed by atoms with Gasteiger partial charge in [-0.05, 0) is 23.7 Å². The summed E-state index contributed by atoms with van der Waals surface area (Å²) in [5.41, 5.74) is 0. The first-order chi connectivity index (χ1) is 23.4. The Labute approximate surface area is 296 Å². The molecule has 278 valence electrons. The summed E-state index contributed by atoms with van der Waals surface area (Å²) in [6.45, 7) is 4.00. The number of likely N-dealkylation sites (tertiary alicyclic amines) is 2. The molecule has 0 unspecified atom stereocenters. The van der Waals surface area contributed by atoms with Gasteiger partial charge in [-0.2, -0.15) is 0 Å². The number of nitrogens with zero attached hydrogens (tertiary/aromatic N) is 2. The molecule has 0 aromatic heterocycles. The van der Waals surface area contributed by atoms with E-state index in [1.54, 1.807) is 51.4 Å². The quantitative estimate of drug-likeness (QED) is 0.274. The van der Waals surface area contributed by atoms with E-state index in [4.69, 9.17) is 0 Å². The highest BCUT2D eigenvalue weighted by molar-refractivity contribution is 6.02. The topological polar surface area (TPSA) is 74.8 Å². The number of imide groups is 2. The summed E-state index contributed by atoms with van der Waals surface area (Å²) in [7, 11) is 3.02. The van der Waals surface area contributed by atoms with Crippen LogP contribution in [0.4, 0.5) is 0 Å². The van der Waals surface area contributed by atoms with Crippen LogP contribution in [-0.2, 0) is 19.2 Å². The third-order valence-corrected chi connectivity index (χ3v) is 12.0. The van der Waals surface area contributed by atoms with Gasteiger partial charge in [0.2, 0.25) is 23.6 Å². The fourth-order valence-electron chi connectivity index (χ4n) is 8.86. The van der Waals surface area contributed by atoms with E-state index in [9.17, 15) is 19.2 Å². The molecular formula is C42H76N2O4. The Morgan fingerprint density at radius 1 is 0.312 bits per heavy atom. The SMILES string of the molecule is C1CCC(C2CCCCC2)CC1.C1CCC(C2CCCCC2)CC1.C1CCCCC1.CC.CN1C(=O)CCC1=O.CN1C(=O)CCC1=O. The second-order valence-corrected chi connectivity index (χ2v) is 15.4. The van der Waals surface area contributed by atoms with Crippen LogP contribution in [0.2, 0.25) is 0 Å². The molecule has 7 rings (SSSR count). The van der Waals surface area contributed by atoms with Crippen LogP contribution < -0.4 is 0 Å². The Balaban J connectivity index is 0.000000210. The van der Waals surface area contributed by atoms with Crippen LogP contribution in [0.25, 0.3) is 0 Å². The predicted molar refractivity (Wildman–Crippen MR) is 199 cm³/mol. The third kappa shape index (κ3) is 16.8. The molecule has 0 aromatic rings. The smallest absolute Gasteiger partial charge is 0.229 e. The van der Waals surface area contributed by atoms with Crippen molar-refractivity contribution in [3.05, 3.63) is 0 Å². The molecule has 48 heavy (non-hydrogen) atoms. The van der Waals surface area contributed by atoms with Crippen molar-refractivity contribution in [1.29, 1.82) is 0 Å². The summed E-state index contributed by atoms with van der Waals surface area (Å²) >= 11 is 0. The second kappa shape index (κ2) is 26.1. The van der Waals surface area contributed by atoms with Crippen LogP contribution in [0.5, 0.6) is 0 Å². The zero-order valence-electron chi connectivity index (χ0n) is 32.1. The molecule has 0 N–H and O–H groups in total. The van der Waals surface area contributed by atoms with Crippen LogP contribution in [-0.4, -0.2) is 47.5 Å². The Hall–Kier alpha value is -1.72. The predicted octanol–water partition coefficient (Wildman–Crippen LogP) is 11.2. The van der Waals surface area contributed by atoms with Gasteiger partial charge in [-0.25, -0.2) is 0 Å². The molecule has 0 radical (unpaired) electrons. The van der Waals surface area contributed by atoms with Crippen LogP contribution in [0.3, 0.4) is 0 Å². The minimum Gasteiger partial charge on any atom is -0.286 e. The summed E-state index contributed by atoms with van der Waals surface area (Å²) in [5, 5.41) is 0. The summed E-state index contributed by atoms with van der Waals surface area (Å²) in [4.78, 5) is 44.3. The molecule has 0 spiro atoms. The lowest BCUT2D eigenvalue weighted by Crippen LogP contribution is -2.23. The number of carbonyl (C=O) groups is 4. The normalized spacial score (nSPS) is 24.4. The van der Waals surface area contributed by atoms with Crippen LogP contribution in [0.1, 0.15) is 206 Å². The first-order valence-electron chi connectivity index (χ1n) is 21.0. The van der Waals surface area contributed by atoms with Gasteiger partial charge in [0.1, 0.15) is 0 Å². The minimum atomic E-state index is -0.0602. The van der Waals surface area contributed by atoms with Crippen molar-refractivity contribution in [3.63, 3.8) is 0 Å². The van der Waals surface area contributed by atoms with E-state index in [1.807, 2.05) is 13.8 Å². The number of amides is 4. The highest BCUT2D eigenvalue weighted by Crippen LogP contribution is 2.39. The standard InChI is InChI=1S/2C12H22.C6H12.2C5H7NO2.C2H6/c2*1-3-7-11(8-4-1)12-9-5-2-6-10-12;1-2-4-6-5-3-1;2*1-6-4(7)2-3-5(6)8;1-2/h2*11-12H,1-10H2;1-6H2;2*2-3H2,1H3;1-2H3. The highest BCUT2D eigenvalue weighted by Gasteiger charge is 2.26. The van der Waals surface area contributed by atoms with E-state index in [0.29, 0.717) is 25.7 Å². The summed E-state index contributed by atoms with van der Waals surface area (Å²) in [6.07, 6.45) is 41.4. The third-order valence-electron chi connectivity index (χ3n) is 12.0. The molecule has 2 saturated heterocycles. The van der Waals surface area contributed by atoms with Gasteiger partial charge in [0, 0.05) is 39.8 Å². The molecule has 0 bridgehead atoms. The van der Waals surface area contributed by atoms with Gasteiger partial charge >= 0.3 is 0 Å². The molecule has 6 nitrogen and oxygen atoms in total. The van der Waals surface area contributed by atoms with E-state index < -0.39 is 0 Å². The van der Waals surface area contributed by atoms with E-state index in [-0.39, 0.29) is 23.6 Å². The lowest BCUT2D eigenvalue weighted by atomic mass is 9.73. The van der Waals surface area contributed by atoms with Crippen molar-refractivity contribution < 1.29 is 19.2 Å². The maximum atomic E-state index is 10.5. The van der Waals surface area contributed by atoms with Gasteiger partial charge in [0.15, 0.2) is 0 Å². The lowest BCUT2D eigenvalue weighted by Gasteiger charge is -2.32. The van der Waals surface area contributed by atoms with Gasteiger partial charge < -0.3 is 0 Å². The number of hydrogen-bond acceptors (Lipinski definition) is 4. The van der Waals surface area contributed by atoms with Crippen molar-refractivity contribution in [2.24, 2.45) is 23.7 Å². The van der Waals surface area contributed by atoms with Crippen LogP contribution in [0, 0.1) is 23.7 Å². The van der Waals surface area contributed by atoms with Gasteiger partial charge in [0.05, 0.1) is 0 Å². The van der Waals surface area contributed by atoms with Gasteiger partial charge in [0.25, 0.3) is 0 Å². The monoisotopic (exact) mass is 673 g/mol. The van der Waals surface area contributed by atoms with E-state index in [0.717, 1.165) is 23.7 Å². The first kappa shape index (κ1) is 42.4. The summed E-state index contributed by atoms with van der Waals surface area (Å²) in [5.74, 6) is 4.31. The van der Waals surface area contributed by atoms with E-state index in [2.05, 4.69) is 0 Å². The number of carbonyl (C=O) groups excluding carboxylic acids is 4. The fraction of sp³-hybridized carbons (Fsp3) is 0.905. The highest BCUT2D eigenvalue weighted by atomic mass is 16.2. The number of hydrogen-bond donors (Lipinski definition) is 0. The van der Waals surface area contributed by atoms with Gasteiger partial charge in [-0.3, -0.25) is 29.0 Å². The van der Waals surface area contributed by atoms with Crippen molar-refractivity contribution in [2.45, 2.75) is 206 Å². The van der Waals surface area contributed by atoms with Crippen molar-refractivity contribution >= 4 is 23.6 Å². The molecule has 2 heterocycles. The Kier molecular flexibility index (Phi) is 23.1. The van der Waals surface area contributed by atoms with Crippen molar-refractivity contribution in [3.8, 4) is 0 Å². The maximum Gasteiger partial charge on any atom is 0.229 e. The number of rotatable bonds is 2. The Morgan fingerprint density at radius 2 is 0.458 bits per heavy atom. The molecular weight excluding hydrogens is 596 g/mol. The van der Waals surface area contributed by atoms with Crippen molar-refractivity contribution in [2.75, 3.05) is 14.1 Å². The van der Waals surface area contributed by atoms with Crippen molar-refractivity contribution in [1.82, 2.24) is 9.80 Å². The molecule has 7 aliphatic rings. The average Bonchev–Trinajstić information content (AvgIpc) is 3.64. The lowest BCUT2D eigenvalue weighted by molar-refractivity contribution is -0.138. The van der Waals surface area contributed by atoms with E-state index in [1.165, 1.54) is 139 Å². The fourth-order valence-corrected chi connectivity index (χ4v) is 8.86. The average molecular weight is 673 g/mol. The zero-order valence-corrected chi connectivity index (χ0v) is 32.1. The summed E-state index contributed by atoms with van der Waals surface area (Å²) in [6, 6.07) is 0. The minimum absolute atomic E-state index is 0.0602. The second-order valence-electron chi connectivity index (χ2n) is 15.4. The summed E-state index contributed by atoms with van der Waals surface area (Å²) < 4.78 is 0. The molecule has 0 atom stereocenters. The molecule has 4 amide bonds. The molecule has 5 aliphatic carbocycles. The molecule has 0 aromatic carbocycles. The van der Waals surface area contributed by atoms with E-state index >= 15 is 0 Å². The van der Waals surface area contributed by atoms with Gasteiger partial charge in [-0.1, -0.05) is 181 Å².